The van der Waals surface area contributed by atoms with Crippen LogP contribution in [0.1, 0.15) is 72.0 Å². The second-order valence-electron chi connectivity index (χ2n) is 17.1. The second-order valence-corrected chi connectivity index (χ2v) is 18.0. The number of benzene rings is 2. The summed E-state index contributed by atoms with van der Waals surface area (Å²) in [5, 5.41) is 24.1. The van der Waals surface area contributed by atoms with Crippen molar-refractivity contribution in [3.63, 3.8) is 0 Å². The molecule has 0 saturated carbocycles. The first-order valence-corrected chi connectivity index (χ1v) is 22.5. The van der Waals surface area contributed by atoms with Crippen LogP contribution in [0.2, 0.25) is 0 Å². The van der Waals surface area contributed by atoms with Crippen LogP contribution in [-0.4, -0.2) is 151 Å². The van der Waals surface area contributed by atoms with Crippen molar-refractivity contribution in [2.24, 2.45) is 5.41 Å². The minimum atomic E-state index is -1.08. The Hall–Kier alpha value is -6.13. The Bertz CT molecular complexity index is 2300. The molecule has 2 fully saturated rings. The molecule has 354 valence electrons. The minimum Gasteiger partial charge on any atom is -0.391 e. The van der Waals surface area contributed by atoms with Crippen molar-refractivity contribution in [1.82, 2.24) is 36.1 Å². The van der Waals surface area contributed by atoms with Gasteiger partial charge in [-0.25, -0.2) is 4.98 Å². The maximum atomic E-state index is 13.9. The molecule has 4 atom stereocenters. The molecule has 20 nitrogen and oxygen atoms in total. The van der Waals surface area contributed by atoms with E-state index in [9.17, 15) is 43.5 Å². The molecule has 3 aliphatic heterocycles. The van der Waals surface area contributed by atoms with Crippen molar-refractivity contribution in [3.05, 3.63) is 70.4 Å². The fraction of sp³-hybridized carbons (Fsp3) is 0.489. The van der Waals surface area contributed by atoms with Crippen LogP contribution in [0.3, 0.4) is 0 Å². The van der Waals surface area contributed by atoms with Crippen LogP contribution < -0.4 is 26.6 Å². The molecule has 0 aliphatic carbocycles. The number of ether oxygens (including phenoxy) is 3. The number of piperidine rings is 1. The number of carbonyl (C=O) groups excluding carboxylic acids is 8. The van der Waals surface area contributed by atoms with Crippen LogP contribution in [0.25, 0.3) is 10.4 Å². The van der Waals surface area contributed by atoms with Gasteiger partial charge < -0.3 is 45.5 Å². The number of carbonyl (C=O) groups is 8. The van der Waals surface area contributed by atoms with Gasteiger partial charge in [-0.1, -0.05) is 51.1 Å². The number of nitrogens with one attached hydrogen (secondary N) is 5. The number of nitrogens with zero attached hydrogens (tertiary/aromatic N) is 3. The van der Waals surface area contributed by atoms with Gasteiger partial charge in [0.2, 0.25) is 35.4 Å². The zero-order valence-corrected chi connectivity index (χ0v) is 38.1. The van der Waals surface area contributed by atoms with E-state index in [1.807, 2.05) is 31.2 Å². The summed E-state index contributed by atoms with van der Waals surface area (Å²) in [7, 11) is 0. The Morgan fingerprint density at radius 3 is 2.27 bits per heavy atom. The number of likely N-dealkylation sites (tertiary alicyclic amines) is 1. The van der Waals surface area contributed by atoms with E-state index in [1.165, 1.54) is 11.0 Å². The van der Waals surface area contributed by atoms with E-state index in [4.69, 9.17) is 14.2 Å². The first kappa shape index (κ1) is 49.3. The molecule has 3 aromatic rings. The summed E-state index contributed by atoms with van der Waals surface area (Å²) in [6, 6.07) is 9.47. The third-order valence-electron chi connectivity index (χ3n) is 11.2. The molecule has 0 bridgehead atoms. The van der Waals surface area contributed by atoms with Gasteiger partial charge in [-0.05, 0) is 42.0 Å². The number of hydrogen-bond acceptors (Lipinski definition) is 15. The zero-order chi connectivity index (χ0) is 47.5. The summed E-state index contributed by atoms with van der Waals surface area (Å²) in [6.07, 6.45) is -0.776. The molecule has 8 amide bonds. The Morgan fingerprint density at radius 1 is 0.909 bits per heavy atom. The monoisotopic (exact) mass is 932 g/mol. The van der Waals surface area contributed by atoms with E-state index in [1.54, 1.807) is 49.8 Å². The third-order valence-corrected chi connectivity index (χ3v) is 12.1. The third kappa shape index (κ3) is 12.4. The van der Waals surface area contributed by atoms with Crippen LogP contribution in [-0.2, 0) is 49.5 Å². The maximum Gasteiger partial charge on any atom is 0.264 e. The van der Waals surface area contributed by atoms with E-state index < -0.39 is 76.9 Å². The molecule has 2 aromatic carbocycles. The van der Waals surface area contributed by atoms with Gasteiger partial charge in [-0.2, -0.15) is 0 Å². The molecule has 2 saturated heterocycles. The Morgan fingerprint density at radius 2 is 1.61 bits per heavy atom. The molecule has 0 spiro atoms. The summed E-state index contributed by atoms with van der Waals surface area (Å²) in [6.45, 7) is 7.71. The summed E-state index contributed by atoms with van der Waals surface area (Å²) >= 11 is 1.55. The molecule has 21 heteroatoms. The number of aryl methyl sites for hydroxylation is 1. The van der Waals surface area contributed by atoms with Gasteiger partial charge in [0.1, 0.15) is 31.3 Å². The van der Waals surface area contributed by atoms with Crippen molar-refractivity contribution in [2.45, 2.75) is 77.7 Å². The van der Waals surface area contributed by atoms with Crippen LogP contribution >= 0.6 is 11.3 Å². The largest absolute Gasteiger partial charge is 0.391 e. The Kier molecular flexibility index (Phi) is 16.7. The molecule has 6 N–H and O–H groups in total. The fourth-order valence-electron chi connectivity index (χ4n) is 7.76. The van der Waals surface area contributed by atoms with Crippen LogP contribution in [0, 0.1) is 12.3 Å². The number of rotatable bonds is 21. The molecule has 6 rings (SSSR count). The summed E-state index contributed by atoms with van der Waals surface area (Å²) < 4.78 is 16.3. The highest BCUT2D eigenvalue weighted by molar-refractivity contribution is 7.13. The number of amides is 8. The van der Waals surface area contributed by atoms with Crippen molar-refractivity contribution >= 4 is 64.3 Å². The molecule has 4 heterocycles. The fourth-order valence-corrected chi connectivity index (χ4v) is 8.57. The van der Waals surface area contributed by atoms with Gasteiger partial charge in [0, 0.05) is 44.7 Å². The van der Waals surface area contributed by atoms with Gasteiger partial charge in [-0.3, -0.25) is 48.6 Å². The number of aliphatic hydroxyl groups excluding tert-OH is 1. The summed E-state index contributed by atoms with van der Waals surface area (Å²) in [5.41, 5.74) is 4.52. The van der Waals surface area contributed by atoms with Gasteiger partial charge in [0.15, 0.2) is 0 Å². The lowest BCUT2D eigenvalue weighted by Crippen LogP contribution is -2.58. The number of hydrogen-bond donors (Lipinski definition) is 6. The predicted molar refractivity (Wildman–Crippen MR) is 239 cm³/mol. The smallest absolute Gasteiger partial charge is 0.264 e. The second kappa shape index (κ2) is 22.4. The van der Waals surface area contributed by atoms with E-state index in [0.717, 1.165) is 26.6 Å². The number of imide groups is 2. The number of β-amino-alcohol motifs (C(OH)–C–C–N with tert-alkyl or cyclic N) is 1. The van der Waals surface area contributed by atoms with E-state index in [-0.39, 0.29) is 96.2 Å². The SMILES string of the molecule is Cc1ncsc1-c1ccc(CNC(=O)[C@@H]2C[C@@H](O)CN2C(=O)[C@@H](NC(=O)COCCOCCOCC(=O)NCCNc2cccc3c2C(=O)N(C2CCC(=O)NC2=O)C3=O)C(C)(C)C)cc1. The number of thiazole rings is 1. The number of aromatic nitrogens is 1. The highest BCUT2D eigenvalue weighted by Gasteiger charge is 2.46. The number of aliphatic hydroxyl groups is 1. The van der Waals surface area contributed by atoms with E-state index >= 15 is 0 Å². The Labute approximate surface area is 385 Å². The summed E-state index contributed by atoms with van der Waals surface area (Å²) in [4.78, 5) is 110. The molecule has 0 radical (unpaired) electrons. The van der Waals surface area contributed by atoms with Crippen molar-refractivity contribution in [2.75, 3.05) is 64.6 Å². The zero-order valence-electron chi connectivity index (χ0n) is 37.3. The van der Waals surface area contributed by atoms with Gasteiger partial charge in [0.25, 0.3) is 11.8 Å². The van der Waals surface area contributed by atoms with Crippen LogP contribution in [0.5, 0.6) is 0 Å². The lowest BCUT2D eigenvalue weighted by atomic mass is 9.85. The molecule has 1 unspecified atom stereocenters. The van der Waals surface area contributed by atoms with E-state index in [0.29, 0.717) is 5.69 Å². The quantitative estimate of drug-likeness (QED) is 0.0641. The highest BCUT2D eigenvalue weighted by Crippen LogP contribution is 2.33. The molecule has 66 heavy (non-hydrogen) atoms. The van der Waals surface area contributed by atoms with Crippen LogP contribution in [0.4, 0.5) is 5.69 Å². The Balaban J connectivity index is 0.834. The molecule has 3 aliphatic rings. The first-order chi connectivity index (χ1) is 31.5. The van der Waals surface area contributed by atoms with Crippen molar-refractivity contribution in [3.8, 4) is 10.4 Å². The average molecular weight is 933 g/mol. The standard InChI is InChI=1S/C45H56N8O12S/c1-26-38(66-25-49-26)28-10-8-27(9-11-28)21-48-40(58)33-20-29(54)22-52(33)44(62)39(45(2,3)4)50-36(57)24-65-19-17-63-16-18-64-23-35(56)47-15-14-46-31-7-5-6-30-37(31)43(61)53(42(30)60)32-12-13-34(55)51-41(32)59/h5-11,25,29,32-33,39,46,54H,12-24H2,1-4H3,(H,47,56)(H,48,58)(H,50,57)(H,51,55,59)/t29-,32?,33+,39-/m1/s1. The molecule has 1 aromatic heterocycles. The summed E-state index contributed by atoms with van der Waals surface area (Å²) in [5.74, 6) is -4.24. The lowest BCUT2D eigenvalue weighted by molar-refractivity contribution is -0.144. The lowest BCUT2D eigenvalue weighted by Gasteiger charge is -2.35. The topological polar surface area (TPSA) is 264 Å². The van der Waals surface area contributed by atoms with Crippen molar-refractivity contribution in [1.29, 1.82) is 0 Å². The van der Waals surface area contributed by atoms with Gasteiger partial charge in [0.05, 0.1) is 59.7 Å². The first-order valence-electron chi connectivity index (χ1n) is 21.7. The van der Waals surface area contributed by atoms with Gasteiger partial charge >= 0.3 is 0 Å². The van der Waals surface area contributed by atoms with E-state index in [2.05, 4.69) is 31.6 Å². The minimum absolute atomic E-state index is 0.0152. The highest BCUT2D eigenvalue weighted by atomic mass is 32.1. The average Bonchev–Trinajstić information content (AvgIpc) is 3.97. The number of fused-ring (bicyclic) bond motifs is 1. The normalized spacial score (nSPS) is 18.8. The van der Waals surface area contributed by atoms with Crippen molar-refractivity contribution < 1.29 is 57.7 Å². The number of anilines is 1. The molecular weight excluding hydrogens is 877 g/mol. The van der Waals surface area contributed by atoms with Crippen LogP contribution in [0.15, 0.2) is 48.0 Å². The maximum absolute atomic E-state index is 13.9. The predicted octanol–water partition coefficient (Wildman–Crippen LogP) is 0.907. The molecular formula is C45H56N8O12S. The van der Waals surface area contributed by atoms with Gasteiger partial charge in [-0.15, -0.1) is 11.3 Å².